The molecule has 0 saturated carbocycles. The number of rotatable bonds is 2. The third-order valence-corrected chi connectivity index (χ3v) is 1.72. The van der Waals surface area contributed by atoms with E-state index in [-0.39, 0.29) is 0 Å². The number of nitrogens with one attached hydrogen (secondary N) is 2. The number of piperazine rings is 1. The summed E-state index contributed by atoms with van der Waals surface area (Å²) in [5.41, 5.74) is 2.65. The molecule has 0 spiro atoms. The lowest BCUT2D eigenvalue weighted by atomic mass is 10.2. The molecule has 58 valence electrons. The number of nitrogens with zero attached hydrogens (tertiary/aromatic N) is 1. The average molecular weight is 143 g/mol. The molecule has 1 fully saturated rings. The first kappa shape index (κ1) is 7.50. The van der Waals surface area contributed by atoms with Gasteiger partial charge in [-0.3, -0.25) is 10.2 Å². The molecule has 1 heterocycles. The van der Waals surface area contributed by atoms with Crippen molar-refractivity contribution in [2.75, 3.05) is 19.6 Å². The van der Waals surface area contributed by atoms with E-state index in [4.69, 9.17) is 0 Å². The van der Waals surface area contributed by atoms with Crippen LogP contribution in [-0.4, -0.2) is 37.1 Å². The largest absolute Gasteiger partial charge is 0.314 e. The van der Waals surface area contributed by atoms with Crippen molar-refractivity contribution >= 4 is 6.41 Å². The van der Waals surface area contributed by atoms with E-state index in [1.165, 1.54) is 0 Å². The zero-order valence-electron chi connectivity index (χ0n) is 6.13. The molecule has 10 heavy (non-hydrogen) atoms. The molecular weight excluding hydrogens is 130 g/mol. The Morgan fingerprint density at radius 3 is 3.20 bits per heavy atom. The molecule has 4 nitrogen and oxygen atoms in total. The summed E-state index contributed by atoms with van der Waals surface area (Å²) in [6, 6.07) is 0.402. The molecular formula is C6H13N3O. The minimum atomic E-state index is 0.402. The molecule has 4 heteroatoms. The standard InChI is InChI=1S/C6H13N3O/c1-6-4-7-2-3-9(6)8-5-10/h5-7H,2-4H2,1H3,(H,8,10)/t6-/m1/s1. The van der Waals surface area contributed by atoms with Gasteiger partial charge in [0.15, 0.2) is 0 Å². The molecule has 1 saturated heterocycles. The second kappa shape index (κ2) is 3.53. The highest BCUT2D eigenvalue weighted by atomic mass is 16.1. The molecule has 0 aromatic heterocycles. The first-order chi connectivity index (χ1) is 4.84. The number of carbonyl (C=O) groups is 1. The van der Waals surface area contributed by atoms with Crippen LogP contribution in [-0.2, 0) is 4.79 Å². The highest BCUT2D eigenvalue weighted by Crippen LogP contribution is 1.95. The minimum Gasteiger partial charge on any atom is -0.314 e. The van der Waals surface area contributed by atoms with E-state index in [1.54, 1.807) is 0 Å². The van der Waals surface area contributed by atoms with Crippen molar-refractivity contribution in [1.29, 1.82) is 0 Å². The van der Waals surface area contributed by atoms with E-state index < -0.39 is 0 Å². The zero-order valence-corrected chi connectivity index (χ0v) is 6.13. The Balaban J connectivity index is 2.32. The first-order valence-electron chi connectivity index (χ1n) is 3.52. The lowest BCUT2D eigenvalue weighted by molar-refractivity contribution is -0.115. The van der Waals surface area contributed by atoms with Crippen molar-refractivity contribution in [3.63, 3.8) is 0 Å². The number of hydrogen-bond donors (Lipinski definition) is 2. The molecule has 1 aliphatic rings. The SMILES string of the molecule is C[C@@H]1CNCCN1NC=O. The zero-order chi connectivity index (χ0) is 7.40. The van der Waals surface area contributed by atoms with Gasteiger partial charge in [0.25, 0.3) is 0 Å². The fourth-order valence-electron chi connectivity index (χ4n) is 1.10. The Morgan fingerprint density at radius 1 is 1.80 bits per heavy atom. The Morgan fingerprint density at radius 2 is 2.60 bits per heavy atom. The smallest absolute Gasteiger partial charge is 0.221 e. The van der Waals surface area contributed by atoms with Crippen molar-refractivity contribution in [3.8, 4) is 0 Å². The molecule has 0 aromatic rings. The van der Waals surface area contributed by atoms with Crippen LogP contribution in [0.4, 0.5) is 0 Å². The maximum Gasteiger partial charge on any atom is 0.221 e. The lowest BCUT2D eigenvalue weighted by Crippen LogP contribution is -2.55. The summed E-state index contributed by atoms with van der Waals surface area (Å²) in [6.45, 7) is 4.86. The number of hydrogen-bond acceptors (Lipinski definition) is 3. The molecule has 1 rings (SSSR count). The van der Waals surface area contributed by atoms with Crippen molar-refractivity contribution < 1.29 is 4.79 Å². The van der Waals surface area contributed by atoms with Gasteiger partial charge in [0, 0.05) is 25.7 Å². The van der Waals surface area contributed by atoms with Gasteiger partial charge in [0.2, 0.25) is 6.41 Å². The molecule has 0 unspecified atom stereocenters. The third kappa shape index (κ3) is 1.68. The van der Waals surface area contributed by atoms with E-state index in [0.717, 1.165) is 26.0 Å². The van der Waals surface area contributed by atoms with Gasteiger partial charge in [-0.1, -0.05) is 0 Å². The van der Waals surface area contributed by atoms with Crippen LogP contribution in [0.1, 0.15) is 6.92 Å². The quantitative estimate of drug-likeness (QED) is 0.484. The first-order valence-corrected chi connectivity index (χ1v) is 3.52. The van der Waals surface area contributed by atoms with Crippen LogP contribution in [0.15, 0.2) is 0 Å². The van der Waals surface area contributed by atoms with Crippen molar-refractivity contribution in [3.05, 3.63) is 0 Å². The van der Waals surface area contributed by atoms with Gasteiger partial charge in [-0.15, -0.1) is 0 Å². The summed E-state index contributed by atoms with van der Waals surface area (Å²) in [4.78, 5) is 10.0. The maximum absolute atomic E-state index is 10.0. The Hall–Kier alpha value is -0.610. The van der Waals surface area contributed by atoms with Gasteiger partial charge in [-0.2, -0.15) is 0 Å². The predicted molar refractivity (Wildman–Crippen MR) is 38.2 cm³/mol. The second-order valence-corrected chi connectivity index (χ2v) is 2.49. The van der Waals surface area contributed by atoms with E-state index in [2.05, 4.69) is 17.7 Å². The normalized spacial score (nSPS) is 27.9. The minimum absolute atomic E-state index is 0.402. The third-order valence-electron chi connectivity index (χ3n) is 1.72. The van der Waals surface area contributed by atoms with Crippen LogP contribution in [0.5, 0.6) is 0 Å². The number of amides is 1. The van der Waals surface area contributed by atoms with Crippen LogP contribution in [0.2, 0.25) is 0 Å². The summed E-state index contributed by atoms with van der Waals surface area (Å²) in [6.07, 6.45) is 0.724. The van der Waals surface area contributed by atoms with E-state index >= 15 is 0 Å². The van der Waals surface area contributed by atoms with Crippen LogP contribution in [0, 0.1) is 0 Å². The lowest BCUT2D eigenvalue weighted by Gasteiger charge is -2.32. The molecule has 1 aliphatic heterocycles. The molecule has 0 bridgehead atoms. The van der Waals surface area contributed by atoms with Gasteiger partial charge < -0.3 is 5.32 Å². The van der Waals surface area contributed by atoms with Gasteiger partial charge in [-0.25, -0.2) is 5.01 Å². The monoisotopic (exact) mass is 143 g/mol. The molecule has 1 amide bonds. The van der Waals surface area contributed by atoms with Gasteiger partial charge in [0.1, 0.15) is 0 Å². The summed E-state index contributed by atoms with van der Waals surface area (Å²) in [5.74, 6) is 0. The number of carbonyl (C=O) groups excluding carboxylic acids is 1. The van der Waals surface area contributed by atoms with Crippen LogP contribution >= 0.6 is 0 Å². The van der Waals surface area contributed by atoms with Crippen LogP contribution in [0.25, 0.3) is 0 Å². The maximum atomic E-state index is 10.0. The topological polar surface area (TPSA) is 44.4 Å². The summed E-state index contributed by atoms with van der Waals surface area (Å²) < 4.78 is 0. The van der Waals surface area contributed by atoms with E-state index in [1.807, 2.05) is 5.01 Å². The van der Waals surface area contributed by atoms with Crippen molar-refractivity contribution in [1.82, 2.24) is 15.8 Å². The molecule has 0 aliphatic carbocycles. The predicted octanol–water partition coefficient (Wildman–Crippen LogP) is -1.06. The van der Waals surface area contributed by atoms with Crippen molar-refractivity contribution in [2.45, 2.75) is 13.0 Å². The van der Waals surface area contributed by atoms with Gasteiger partial charge in [-0.05, 0) is 6.92 Å². The fourth-order valence-corrected chi connectivity index (χ4v) is 1.10. The summed E-state index contributed by atoms with van der Waals surface area (Å²) in [5, 5.41) is 5.16. The van der Waals surface area contributed by atoms with E-state index in [0.29, 0.717) is 6.04 Å². The van der Waals surface area contributed by atoms with Gasteiger partial charge in [0.05, 0.1) is 0 Å². The average Bonchev–Trinajstić information content (AvgIpc) is 1.94. The van der Waals surface area contributed by atoms with E-state index in [9.17, 15) is 4.79 Å². The fraction of sp³-hybridized carbons (Fsp3) is 0.833. The second-order valence-electron chi connectivity index (χ2n) is 2.49. The Labute approximate surface area is 60.5 Å². The van der Waals surface area contributed by atoms with Crippen LogP contribution in [0.3, 0.4) is 0 Å². The molecule has 2 N–H and O–H groups in total. The van der Waals surface area contributed by atoms with Crippen LogP contribution < -0.4 is 10.7 Å². The highest BCUT2D eigenvalue weighted by Gasteiger charge is 2.15. The molecule has 1 atom stereocenters. The highest BCUT2D eigenvalue weighted by molar-refractivity contribution is 5.45. The molecule has 0 aromatic carbocycles. The summed E-state index contributed by atoms with van der Waals surface area (Å²) in [7, 11) is 0. The number of hydrazine groups is 1. The molecule has 0 radical (unpaired) electrons. The Kier molecular flexibility index (Phi) is 2.65. The Bertz CT molecular complexity index is 118. The van der Waals surface area contributed by atoms with Crippen molar-refractivity contribution in [2.24, 2.45) is 0 Å². The van der Waals surface area contributed by atoms with Gasteiger partial charge >= 0.3 is 0 Å². The summed E-state index contributed by atoms with van der Waals surface area (Å²) >= 11 is 0.